The van der Waals surface area contributed by atoms with Gasteiger partial charge >= 0.3 is 0 Å². The Morgan fingerprint density at radius 3 is 2.74 bits per heavy atom. The summed E-state index contributed by atoms with van der Waals surface area (Å²) < 4.78 is 0.639. The first kappa shape index (κ1) is 14.0. The fourth-order valence-corrected chi connectivity index (χ4v) is 2.39. The van der Waals surface area contributed by atoms with Crippen molar-refractivity contribution in [1.29, 1.82) is 0 Å². The van der Waals surface area contributed by atoms with Gasteiger partial charge in [0, 0.05) is 22.5 Å². The predicted molar refractivity (Wildman–Crippen MR) is 75.0 cm³/mol. The number of nitrogens with one attached hydrogen (secondary N) is 2. The lowest BCUT2D eigenvalue weighted by Crippen LogP contribution is -2.34. The molecule has 1 amide bonds. The topological polar surface area (TPSA) is 84.3 Å². The second-order valence-corrected chi connectivity index (χ2v) is 5.29. The Morgan fingerprint density at radius 1 is 1.42 bits per heavy atom. The van der Waals surface area contributed by atoms with Crippen LogP contribution >= 0.6 is 15.9 Å². The van der Waals surface area contributed by atoms with Crippen molar-refractivity contribution in [2.24, 2.45) is 5.92 Å². The maximum Gasteiger partial charge on any atom is 0.271 e. The lowest BCUT2D eigenvalue weighted by atomic mass is 9.97. The SMILES string of the molecule is O=C(Nc1cc([N+](=O)[O-])ccc1Br)C1CCNCC1. The number of rotatable bonds is 3. The molecule has 0 bridgehead atoms. The number of hydrogen-bond donors (Lipinski definition) is 2. The molecule has 0 radical (unpaired) electrons. The first-order chi connectivity index (χ1) is 9.08. The maximum atomic E-state index is 12.1. The molecule has 1 saturated heterocycles. The molecule has 6 nitrogen and oxygen atoms in total. The monoisotopic (exact) mass is 327 g/mol. The van der Waals surface area contributed by atoms with Crippen LogP contribution in [0.15, 0.2) is 22.7 Å². The Bertz CT molecular complexity index is 501. The van der Waals surface area contributed by atoms with E-state index in [4.69, 9.17) is 0 Å². The van der Waals surface area contributed by atoms with Gasteiger partial charge in [0.15, 0.2) is 0 Å². The van der Waals surface area contributed by atoms with Crippen LogP contribution in [0.3, 0.4) is 0 Å². The summed E-state index contributed by atoms with van der Waals surface area (Å²) in [7, 11) is 0. The van der Waals surface area contributed by atoms with E-state index < -0.39 is 4.92 Å². The average Bonchev–Trinajstić information content (AvgIpc) is 2.42. The fourth-order valence-electron chi connectivity index (χ4n) is 2.04. The highest BCUT2D eigenvalue weighted by molar-refractivity contribution is 9.10. The van der Waals surface area contributed by atoms with Gasteiger partial charge in [-0.15, -0.1) is 0 Å². The molecule has 0 atom stereocenters. The summed E-state index contributed by atoms with van der Waals surface area (Å²) in [6, 6.07) is 4.32. The van der Waals surface area contributed by atoms with Crippen molar-refractivity contribution < 1.29 is 9.72 Å². The Morgan fingerprint density at radius 2 is 2.11 bits per heavy atom. The van der Waals surface area contributed by atoms with E-state index >= 15 is 0 Å². The molecular formula is C12H14BrN3O3. The van der Waals surface area contributed by atoms with E-state index in [9.17, 15) is 14.9 Å². The van der Waals surface area contributed by atoms with Crippen LogP contribution in [-0.2, 0) is 4.79 Å². The zero-order valence-electron chi connectivity index (χ0n) is 10.2. The second kappa shape index (κ2) is 6.12. The van der Waals surface area contributed by atoms with Crippen molar-refractivity contribution in [3.05, 3.63) is 32.8 Å². The maximum absolute atomic E-state index is 12.1. The number of amides is 1. The van der Waals surface area contributed by atoms with Crippen molar-refractivity contribution >= 4 is 33.2 Å². The third-order valence-corrected chi connectivity index (χ3v) is 3.82. The van der Waals surface area contributed by atoms with Crippen LogP contribution in [0.4, 0.5) is 11.4 Å². The summed E-state index contributed by atoms with van der Waals surface area (Å²) in [5.74, 6) is -0.116. The number of carbonyl (C=O) groups excluding carboxylic acids is 1. The molecule has 0 spiro atoms. The van der Waals surface area contributed by atoms with Crippen LogP contribution in [0.1, 0.15) is 12.8 Å². The molecule has 1 aromatic carbocycles. The molecular weight excluding hydrogens is 314 g/mol. The van der Waals surface area contributed by atoms with E-state index in [2.05, 4.69) is 26.6 Å². The number of non-ortho nitro benzene ring substituents is 1. The number of nitro groups is 1. The van der Waals surface area contributed by atoms with Crippen LogP contribution in [-0.4, -0.2) is 23.9 Å². The van der Waals surface area contributed by atoms with Gasteiger partial charge < -0.3 is 10.6 Å². The van der Waals surface area contributed by atoms with Crippen molar-refractivity contribution in [3.63, 3.8) is 0 Å². The van der Waals surface area contributed by atoms with Gasteiger partial charge in [0.05, 0.1) is 10.6 Å². The van der Waals surface area contributed by atoms with Gasteiger partial charge in [-0.3, -0.25) is 14.9 Å². The highest BCUT2D eigenvalue weighted by Crippen LogP contribution is 2.28. The van der Waals surface area contributed by atoms with E-state index in [0.717, 1.165) is 25.9 Å². The van der Waals surface area contributed by atoms with E-state index in [1.807, 2.05) is 0 Å². The van der Waals surface area contributed by atoms with Gasteiger partial charge in [-0.2, -0.15) is 0 Å². The number of nitro benzene ring substituents is 1. The highest BCUT2D eigenvalue weighted by Gasteiger charge is 2.22. The number of hydrogen-bond acceptors (Lipinski definition) is 4. The molecule has 19 heavy (non-hydrogen) atoms. The minimum absolute atomic E-state index is 0.0348. The summed E-state index contributed by atoms with van der Waals surface area (Å²) in [5.41, 5.74) is 0.404. The molecule has 1 aliphatic heterocycles. The Balaban J connectivity index is 2.11. The fraction of sp³-hybridized carbons (Fsp3) is 0.417. The summed E-state index contributed by atoms with van der Waals surface area (Å²) in [4.78, 5) is 22.3. The molecule has 0 unspecified atom stereocenters. The van der Waals surface area contributed by atoms with Crippen molar-refractivity contribution in [2.45, 2.75) is 12.8 Å². The standard InChI is InChI=1S/C12H14BrN3O3/c13-10-2-1-9(16(18)19)7-11(10)15-12(17)8-3-5-14-6-4-8/h1-2,7-8,14H,3-6H2,(H,15,17). The molecule has 2 rings (SSSR count). The van der Waals surface area contributed by atoms with Crippen LogP contribution in [0.25, 0.3) is 0 Å². The number of anilines is 1. The zero-order valence-corrected chi connectivity index (χ0v) is 11.8. The van der Waals surface area contributed by atoms with Crippen LogP contribution < -0.4 is 10.6 Å². The molecule has 1 fully saturated rings. The molecule has 1 heterocycles. The largest absolute Gasteiger partial charge is 0.325 e. The summed E-state index contributed by atoms with van der Waals surface area (Å²) in [6.45, 7) is 1.66. The quantitative estimate of drug-likeness (QED) is 0.659. The zero-order chi connectivity index (χ0) is 13.8. The molecule has 7 heteroatoms. The van der Waals surface area contributed by atoms with Crippen molar-refractivity contribution in [3.8, 4) is 0 Å². The Labute approximate surface area is 118 Å². The van der Waals surface area contributed by atoms with Gasteiger partial charge in [0.25, 0.3) is 5.69 Å². The molecule has 0 saturated carbocycles. The third-order valence-electron chi connectivity index (χ3n) is 3.13. The highest BCUT2D eigenvalue weighted by atomic mass is 79.9. The normalized spacial score (nSPS) is 16.1. The molecule has 1 aromatic rings. The van der Waals surface area contributed by atoms with E-state index in [1.165, 1.54) is 12.1 Å². The van der Waals surface area contributed by atoms with Gasteiger partial charge in [0.1, 0.15) is 0 Å². The van der Waals surface area contributed by atoms with Gasteiger partial charge in [-0.05, 0) is 47.9 Å². The number of carbonyl (C=O) groups is 1. The van der Waals surface area contributed by atoms with Gasteiger partial charge in [-0.25, -0.2) is 0 Å². The van der Waals surface area contributed by atoms with E-state index in [1.54, 1.807) is 6.07 Å². The third kappa shape index (κ3) is 3.51. The summed E-state index contributed by atoms with van der Waals surface area (Å²) in [5, 5.41) is 16.7. The average molecular weight is 328 g/mol. The van der Waals surface area contributed by atoms with Crippen LogP contribution in [0, 0.1) is 16.0 Å². The predicted octanol–water partition coefficient (Wildman–Crippen LogP) is 2.30. The Hall–Kier alpha value is -1.47. The molecule has 0 aliphatic carbocycles. The smallest absolute Gasteiger partial charge is 0.271 e. The van der Waals surface area contributed by atoms with E-state index in [0.29, 0.717) is 10.2 Å². The molecule has 102 valence electrons. The van der Waals surface area contributed by atoms with Crippen molar-refractivity contribution in [2.75, 3.05) is 18.4 Å². The lowest BCUT2D eigenvalue weighted by molar-refractivity contribution is -0.384. The minimum atomic E-state index is -0.480. The minimum Gasteiger partial charge on any atom is -0.325 e. The second-order valence-electron chi connectivity index (χ2n) is 4.43. The number of halogens is 1. The summed E-state index contributed by atoms with van der Waals surface area (Å²) in [6.07, 6.45) is 1.58. The van der Waals surface area contributed by atoms with Gasteiger partial charge in [0.2, 0.25) is 5.91 Å². The molecule has 0 aromatic heterocycles. The molecule has 1 aliphatic rings. The summed E-state index contributed by atoms with van der Waals surface area (Å²) >= 11 is 3.28. The first-order valence-corrected chi connectivity index (χ1v) is 6.83. The number of piperidine rings is 1. The number of benzene rings is 1. The van der Waals surface area contributed by atoms with E-state index in [-0.39, 0.29) is 17.5 Å². The van der Waals surface area contributed by atoms with Crippen LogP contribution in [0.2, 0.25) is 0 Å². The number of nitrogens with zero attached hydrogens (tertiary/aromatic N) is 1. The van der Waals surface area contributed by atoms with Gasteiger partial charge in [-0.1, -0.05) is 0 Å². The van der Waals surface area contributed by atoms with Crippen LogP contribution in [0.5, 0.6) is 0 Å². The van der Waals surface area contributed by atoms with Crippen molar-refractivity contribution in [1.82, 2.24) is 5.32 Å². The lowest BCUT2D eigenvalue weighted by Gasteiger charge is -2.22. The molecule has 2 N–H and O–H groups in total. The first-order valence-electron chi connectivity index (χ1n) is 6.03. The Kier molecular flexibility index (Phi) is 4.49.